The van der Waals surface area contributed by atoms with Crippen molar-refractivity contribution in [2.24, 2.45) is 5.92 Å². The Bertz CT molecular complexity index is 587. The van der Waals surface area contributed by atoms with E-state index in [9.17, 15) is 19.7 Å². The Balaban J connectivity index is 1.78. The minimum Gasteiger partial charge on any atom is -0.481 e. The Kier molecular flexibility index (Phi) is 5.51. The maximum Gasteiger partial charge on any atom is 0.317 e. The number of likely N-dealkylation sites (tertiary alicyclic amines) is 1. The van der Waals surface area contributed by atoms with Crippen LogP contribution in [0, 0.1) is 16.0 Å². The average molecular weight is 321 g/mol. The van der Waals surface area contributed by atoms with E-state index in [-0.39, 0.29) is 18.3 Å². The van der Waals surface area contributed by atoms with Crippen LogP contribution in [-0.4, -0.2) is 46.6 Å². The van der Waals surface area contributed by atoms with Crippen LogP contribution >= 0.6 is 0 Å². The normalized spacial score (nSPS) is 17.6. The molecule has 1 aromatic rings. The van der Waals surface area contributed by atoms with E-state index >= 15 is 0 Å². The van der Waals surface area contributed by atoms with Gasteiger partial charge < -0.3 is 15.3 Å². The third-order valence-electron chi connectivity index (χ3n) is 3.89. The second-order valence-corrected chi connectivity index (χ2v) is 5.53. The molecular weight excluding hydrogens is 302 g/mol. The summed E-state index contributed by atoms with van der Waals surface area (Å²) in [4.78, 5) is 34.7. The van der Waals surface area contributed by atoms with E-state index in [1.807, 2.05) is 0 Å². The van der Waals surface area contributed by atoms with Gasteiger partial charge in [0.1, 0.15) is 0 Å². The molecule has 1 aromatic carbocycles. The van der Waals surface area contributed by atoms with Gasteiger partial charge in [-0.15, -0.1) is 0 Å². The van der Waals surface area contributed by atoms with Crippen molar-refractivity contribution in [2.75, 3.05) is 19.6 Å². The predicted octanol–water partition coefficient (Wildman–Crippen LogP) is 1.64. The fourth-order valence-electron chi connectivity index (χ4n) is 2.57. The lowest BCUT2D eigenvalue weighted by atomic mass is 9.99. The highest BCUT2D eigenvalue weighted by Gasteiger charge is 2.27. The molecule has 1 unspecified atom stereocenters. The smallest absolute Gasteiger partial charge is 0.317 e. The predicted molar refractivity (Wildman–Crippen MR) is 82.1 cm³/mol. The molecule has 1 aliphatic heterocycles. The maximum absolute atomic E-state index is 12.0. The van der Waals surface area contributed by atoms with Crippen LogP contribution in [0.5, 0.6) is 0 Å². The number of nitrogens with zero attached hydrogens (tertiary/aromatic N) is 2. The maximum atomic E-state index is 12.0. The first kappa shape index (κ1) is 16.7. The van der Waals surface area contributed by atoms with Crippen LogP contribution in [0.25, 0.3) is 0 Å². The number of carboxylic acid groups (broad SMARTS) is 1. The molecule has 0 aromatic heterocycles. The SMILES string of the molecule is O=C(O)C1CCCN(C(=O)NCCc2ccc([N+](=O)[O-])cc2)C1. The number of hydrogen-bond acceptors (Lipinski definition) is 4. The number of aliphatic carboxylic acids is 1. The number of nitro benzene ring substituents is 1. The van der Waals surface area contributed by atoms with Gasteiger partial charge in [0.25, 0.3) is 5.69 Å². The number of carbonyl (C=O) groups is 2. The molecular formula is C15H19N3O5. The van der Waals surface area contributed by atoms with Gasteiger partial charge in [0, 0.05) is 31.8 Å². The van der Waals surface area contributed by atoms with Gasteiger partial charge >= 0.3 is 12.0 Å². The van der Waals surface area contributed by atoms with Crippen molar-refractivity contribution in [3.05, 3.63) is 39.9 Å². The van der Waals surface area contributed by atoms with Crippen molar-refractivity contribution < 1.29 is 19.6 Å². The summed E-state index contributed by atoms with van der Waals surface area (Å²) < 4.78 is 0. The minimum atomic E-state index is -0.867. The van der Waals surface area contributed by atoms with E-state index in [4.69, 9.17) is 5.11 Å². The van der Waals surface area contributed by atoms with E-state index in [2.05, 4.69) is 5.32 Å². The quantitative estimate of drug-likeness (QED) is 0.632. The van der Waals surface area contributed by atoms with Crippen LogP contribution in [0.15, 0.2) is 24.3 Å². The third-order valence-corrected chi connectivity index (χ3v) is 3.89. The highest BCUT2D eigenvalue weighted by Crippen LogP contribution is 2.16. The monoisotopic (exact) mass is 321 g/mol. The van der Waals surface area contributed by atoms with Crippen LogP contribution in [0.1, 0.15) is 18.4 Å². The van der Waals surface area contributed by atoms with Crippen LogP contribution in [0.3, 0.4) is 0 Å². The lowest BCUT2D eigenvalue weighted by Crippen LogP contribution is -2.47. The van der Waals surface area contributed by atoms with Crippen molar-refractivity contribution in [2.45, 2.75) is 19.3 Å². The summed E-state index contributed by atoms with van der Waals surface area (Å²) in [6.07, 6.45) is 1.84. The number of rotatable bonds is 5. The molecule has 2 amide bonds. The first-order chi connectivity index (χ1) is 11.0. The van der Waals surface area contributed by atoms with Crippen molar-refractivity contribution in [3.63, 3.8) is 0 Å². The van der Waals surface area contributed by atoms with Crippen LogP contribution in [0.4, 0.5) is 10.5 Å². The van der Waals surface area contributed by atoms with Crippen molar-refractivity contribution in [1.29, 1.82) is 0 Å². The fraction of sp³-hybridized carbons (Fsp3) is 0.467. The number of carboxylic acids is 1. The molecule has 1 heterocycles. The zero-order valence-electron chi connectivity index (χ0n) is 12.6. The number of amides is 2. The molecule has 1 fully saturated rings. The Morgan fingerprint density at radius 1 is 1.35 bits per heavy atom. The second-order valence-electron chi connectivity index (χ2n) is 5.53. The molecule has 2 N–H and O–H groups in total. The molecule has 8 nitrogen and oxygen atoms in total. The van der Waals surface area contributed by atoms with Gasteiger partial charge in [-0.2, -0.15) is 0 Å². The van der Waals surface area contributed by atoms with Gasteiger partial charge in [0.05, 0.1) is 10.8 Å². The van der Waals surface area contributed by atoms with Crippen LogP contribution in [0.2, 0.25) is 0 Å². The van der Waals surface area contributed by atoms with Gasteiger partial charge in [-0.25, -0.2) is 4.79 Å². The third kappa shape index (κ3) is 4.67. The summed E-state index contributed by atoms with van der Waals surface area (Å²) in [6, 6.07) is 5.91. The van der Waals surface area contributed by atoms with Crippen molar-refractivity contribution >= 4 is 17.7 Å². The lowest BCUT2D eigenvalue weighted by molar-refractivity contribution is -0.384. The zero-order valence-corrected chi connectivity index (χ0v) is 12.6. The molecule has 0 saturated carbocycles. The Hall–Kier alpha value is -2.64. The summed E-state index contributed by atoms with van der Waals surface area (Å²) in [6.45, 7) is 1.19. The van der Waals surface area contributed by atoms with E-state index in [0.29, 0.717) is 32.4 Å². The van der Waals surface area contributed by atoms with Gasteiger partial charge in [-0.3, -0.25) is 14.9 Å². The molecule has 8 heteroatoms. The molecule has 0 spiro atoms. The summed E-state index contributed by atoms with van der Waals surface area (Å²) in [5.74, 6) is -1.36. The fourth-order valence-corrected chi connectivity index (χ4v) is 2.57. The van der Waals surface area contributed by atoms with Gasteiger partial charge in [0.15, 0.2) is 0 Å². The van der Waals surface area contributed by atoms with E-state index in [0.717, 1.165) is 5.56 Å². The first-order valence-corrected chi connectivity index (χ1v) is 7.46. The zero-order chi connectivity index (χ0) is 16.8. The molecule has 2 rings (SSSR count). The Morgan fingerprint density at radius 2 is 2.04 bits per heavy atom. The number of urea groups is 1. The molecule has 23 heavy (non-hydrogen) atoms. The highest BCUT2D eigenvalue weighted by atomic mass is 16.6. The number of non-ortho nitro benzene ring substituents is 1. The number of hydrogen-bond donors (Lipinski definition) is 2. The topological polar surface area (TPSA) is 113 Å². The number of nitrogens with one attached hydrogen (secondary N) is 1. The standard InChI is InChI=1S/C15H19N3O5/c19-14(20)12-2-1-9-17(10-12)15(21)16-8-7-11-3-5-13(6-4-11)18(22)23/h3-6,12H,1-2,7-10H2,(H,16,21)(H,19,20). The largest absolute Gasteiger partial charge is 0.481 e. The molecule has 124 valence electrons. The minimum absolute atomic E-state index is 0.0332. The van der Waals surface area contributed by atoms with E-state index < -0.39 is 16.8 Å². The van der Waals surface area contributed by atoms with Gasteiger partial charge in [-0.05, 0) is 24.8 Å². The first-order valence-electron chi connectivity index (χ1n) is 7.46. The van der Waals surface area contributed by atoms with Gasteiger partial charge in [0.2, 0.25) is 0 Å². The van der Waals surface area contributed by atoms with Crippen LogP contribution < -0.4 is 5.32 Å². The summed E-state index contributed by atoms with van der Waals surface area (Å²) in [7, 11) is 0. The Labute approximate surface area is 133 Å². The average Bonchev–Trinajstić information content (AvgIpc) is 2.55. The summed E-state index contributed by atoms with van der Waals surface area (Å²) >= 11 is 0. The summed E-state index contributed by atoms with van der Waals surface area (Å²) in [5, 5.41) is 22.3. The van der Waals surface area contributed by atoms with Gasteiger partial charge in [-0.1, -0.05) is 12.1 Å². The number of piperidine rings is 1. The molecule has 1 saturated heterocycles. The summed E-state index contributed by atoms with van der Waals surface area (Å²) in [5.41, 5.74) is 0.920. The highest BCUT2D eigenvalue weighted by molar-refractivity contribution is 5.76. The molecule has 1 aliphatic rings. The van der Waals surface area contributed by atoms with E-state index in [1.54, 1.807) is 12.1 Å². The molecule has 0 bridgehead atoms. The molecule has 0 radical (unpaired) electrons. The number of carbonyl (C=O) groups excluding carboxylic acids is 1. The molecule has 1 atom stereocenters. The van der Waals surface area contributed by atoms with E-state index in [1.165, 1.54) is 17.0 Å². The Morgan fingerprint density at radius 3 is 2.65 bits per heavy atom. The molecule has 0 aliphatic carbocycles. The van der Waals surface area contributed by atoms with Crippen molar-refractivity contribution in [3.8, 4) is 0 Å². The number of nitro groups is 1. The van der Waals surface area contributed by atoms with Crippen LogP contribution in [-0.2, 0) is 11.2 Å². The van der Waals surface area contributed by atoms with Crippen molar-refractivity contribution in [1.82, 2.24) is 10.2 Å². The lowest BCUT2D eigenvalue weighted by Gasteiger charge is -2.30. The number of benzene rings is 1. The second kappa shape index (κ2) is 7.57.